The van der Waals surface area contributed by atoms with Crippen molar-refractivity contribution in [2.24, 2.45) is 0 Å². The first kappa shape index (κ1) is 12.6. The molecule has 0 aromatic heterocycles. The Balaban J connectivity index is 2.20. The minimum atomic E-state index is -0.911. The van der Waals surface area contributed by atoms with Gasteiger partial charge in [-0.05, 0) is 52.1 Å². The number of fused-ring (bicyclic) bond motifs is 5. The highest BCUT2D eigenvalue weighted by molar-refractivity contribution is 6.11. The van der Waals surface area contributed by atoms with Crippen LogP contribution in [-0.4, -0.2) is 5.11 Å². The van der Waals surface area contributed by atoms with E-state index < -0.39 is 6.17 Å². The average Bonchev–Trinajstić information content (AvgIpc) is 2.50. The average molecular weight is 280 g/mol. The van der Waals surface area contributed by atoms with Crippen molar-refractivity contribution < 1.29 is 9.50 Å². The molecule has 0 saturated carbocycles. The molecular weight excluding hydrogens is 263 g/mol. The van der Waals surface area contributed by atoms with Crippen LogP contribution in [0.4, 0.5) is 4.39 Å². The van der Waals surface area contributed by atoms with Crippen molar-refractivity contribution in [1.82, 2.24) is 0 Å². The van der Waals surface area contributed by atoms with Gasteiger partial charge in [0.05, 0.1) is 0 Å². The molecule has 0 heterocycles. The molecule has 106 valence electrons. The Bertz CT molecular complexity index is 853. The summed E-state index contributed by atoms with van der Waals surface area (Å²) in [7, 11) is 0. The molecule has 1 N–H and O–H groups in total. The van der Waals surface area contributed by atoms with Gasteiger partial charge in [-0.2, -0.15) is 0 Å². The number of phenols is 1. The van der Waals surface area contributed by atoms with Crippen molar-refractivity contribution in [1.29, 1.82) is 0 Å². The summed E-state index contributed by atoms with van der Waals surface area (Å²) in [5, 5.41) is 14.5. The van der Waals surface area contributed by atoms with Crippen LogP contribution in [0.2, 0.25) is 0 Å². The van der Waals surface area contributed by atoms with E-state index in [1.54, 1.807) is 6.07 Å². The van der Waals surface area contributed by atoms with E-state index in [9.17, 15) is 9.50 Å². The molecule has 21 heavy (non-hydrogen) atoms. The van der Waals surface area contributed by atoms with E-state index in [1.165, 1.54) is 0 Å². The predicted octanol–water partition coefficient (Wildman–Crippen LogP) is 5.61. The highest BCUT2D eigenvalue weighted by atomic mass is 19.1. The molecule has 4 rings (SSSR count). The standard InChI is InChI=1S/C19H17FO/c1-11-6-9-16(20)15-8-7-14-13-5-3-2-4-12(13)10-17(21)19(14)18(11)15/h2-5,7-8,10-11,16,21H,6,9H2,1H3. The molecule has 0 aliphatic heterocycles. The fourth-order valence-corrected chi connectivity index (χ4v) is 3.72. The molecule has 0 spiro atoms. The van der Waals surface area contributed by atoms with Gasteiger partial charge in [-0.15, -0.1) is 0 Å². The highest BCUT2D eigenvalue weighted by Crippen LogP contribution is 2.46. The van der Waals surface area contributed by atoms with Crippen molar-refractivity contribution in [3.05, 3.63) is 53.6 Å². The van der Waals surface area contributed by atoms with Crippen molar-refractivity contribution >= 4 is 21.5 Å². The smallest absolute Gasteiger partial charge is 0.125 e. The summed E-state index contributed by atoms with van der Waals surface area (Å²) in [6.45, 7) is 2.12. The number of hydrogen-bond acceptors (Lipinski definition) is 1. The lowest BCUT2D eigenvalue weighted by atomic mass is 9.79. The van der Waals surface area contributed by atoms with E-state index in [2.05, 4.69) is 13.0 Å². The summed E-state index contributed by atoms with van der Waals surface area (Å²) in [5.74, 6) is 0.546. The van der Waals surface area contributed by atoms with Gasteiger partial charge in [-0.25, -0.2) is 4.39 Å². The van der Waals surface area contributed by atoms with Crippen LogP contribution in [0.3, 0.4) is 0 Å². The molecule has 2 unspecified atom stereocenters. The number of hydrogen-bond donors (Lipinski definition) is 1. The summed E-state index contributed by atoms with van der Waals surface area (Å²) in [6, 6.07) is 13.7. The Labute approximate surface area is 123 Å². The van der Waals surface area contributed by atoms with E-state index in [1.807, 2.05) is 30.3 Å². The van der Waals surface area contributed by atoms with Crippen LogP contribution in [0, 0.1) is 0 Å². The summed E-state index contributed by atoms with van der Waals surface area (Å²) >= 11 is 0. The van der Waals surface area contributed by atoms with E-state index in [0.717, 1.165) is 39.1 Å². The molecule has 3 aromatic carbocycles. The van der Waals surface area contributed by atoms with Crippen LogP contribution in [0.1, 0.15) is 43.0 Å². The molecule has 0 saturated heterocycles. The highest BCUT2D eigenvalue weighted by Gasteiger charge is 2.27. The molecule has 0 radical (unpaired) electrons. The monoisotopic (exact) mass is 280 g/mol. The lowest BCUT2D eigenvalue weighted by Gasteiger charge is -2.27. The van der Waals surface area contributed by atoms with E-state index >= 15 is 0 Å². The number of benzene rings is 3. The van der Waals surface area contributed by atoms with Crippen molar-refractivity contribution in [2.45, 2.75) is 31.9 Å². The van der Waals surface area contributed by atoms with Gasteiger partial charge in [-0.1, -0.05) is 43.3 Å². The molecule has 0 fully saturated rings. The molecule has 3 aromatic rings. The fraction of sp³-hybridized carbons (Fsp3) is 0.263. The van der Waals surface area contributed by atoms with Crippen LogP contribution in [0.25, 0.3) is 21.5 Å². The van der Waals surface area contributed by atoms with Gasteiger partial charge in [0.2, 0.25) is 0 Å². The zero-order valence-electron chi connectivity index (χ0n) is 11.9. The molecule has 0 amide bonds. The fourth-order valence-electron chi connectivity index (χ4n) is 3.72. The van der Waals surface area contributed by atoms with Crippen LogP contribution in [-0.2, 0) is 0 Å². The lowest BCUT2D eigenvalue weighted by Crippen LogP contribution is -2.10. The maximum absolute atomic E-state index is 14.2. The van der Waals surface area contributed by atoms with Gasteiger partial charge < -0.3 is 5.11 Å². The minimum Gasteiger partial charge on any atom is -0.507 e. The minimum absolute atomic E-state index is 0.265. The van der Waals surface area contributed by atoms with E-state index in [-0.39, 0.29) is 11.7 Å². The molecule has 2 atom stereocenters. The van der Waals surface area contributed by atoms with Gasteiger partial charge in [0, 0.05) is 5.39 Å². The summed E-state index contributed by atoms with van der Waals surface area (Å²) in [4.78, 5) is 0. The maximum atomic E-state index is 14.2. The first-order chi connectivity index (χ1) is 10.2. The maximum Gasteiger partial charge on any atom is 0.125 e. The van der Waals surface area contributed by atoms with Crippen LogP contribution >= 0.6 is 0 Å². The van der Waals surface area contributed by atoms with E-state index in [4.69, 9.17) is 0 Å². The van der Waals surface area contributed by atoms with Crippen LogP contribution < -0.4 is 0 Å². The quantitative estimate of drug-likeness (QED) is 0.531. The largest absolute Gasteiger partial charge is 0.507 e. The zero-order valence-corrected chi connectivity index (χ0v) is 11.9. The molecule has 1 nitrogen and oxygen atoms in total. The summed E-state index contributed by atoms with van der Waals surface area (Å²) in [5.41, 5.74) is 1.75. The molecule has 1 aliphatic rings. The van der Waals surface area contributed by atoms with Gasteiger partial charge >= 0.3 is 0 Å². The van der Waals surface area contributed by atoms with E-state index in [0.29, 0.717) is 6.42 Å². The Hall–Kier alpha value is -2.09. The van der Waals surface area contributed by atoms with Gasteiger partial charge in [0.25, 0.3) is 0 Å². The zero-order chi connectivity index (χ0) is 14.6. The second-order valence-electron chi connectivity index (χ2n) is 6.05. The Morgan fingerprint density at radius 2 is 1.86 bits per heavy atom. The SMILES string of the molecule is CC1CCC(F)c2ccc3c(c(O)cc4ccccc43)c21. The Morgan fingerprint density at radius 1 is 1.05 bits per heavy atom. The lowest BCUT2D eigenvalue weighted by molar-refractivity contribution is 0.291. The molecular formula is C19H17FO. The van der Waals surface area contributed by atoms with Gasteiger partial charge in [0.1, 0.15) is 11.9 Å². The van der Waals surface area contributed by atoms with Crippen molar-refractivity contribution in [2.75, 3.05) is 0 Å². The first-order valence-corrected chi connectivity index (χ1v) is 7.48. The van der Waals surface area contributed by atoms with Crippen LogP contribution in [0.15, 0.2) is 42.5 Å². The third-order valence-electron chi connectivity index (χ3n) is 4.76. The summed E-state index contributed by atoms with van der Waals surface area (Å²) in [6.07, 6.45) is 0.500. The number of phenolic OH excluding ortho intramolecular Hbond substituents is 1. The number of rotatable bonds is 0. The van der Waals surface area contributed by atoms with Gasteiger partial charge in [-0.3, -0.25) is 0 Å². The van der Waals surface area contributed by atoms with Gasteiger partial charge in [0.15, 0.2) is 0 Å². The molecule has 1 aliphatic carbocycles. The third kappa shape index (κ3) is 1.75. The van der Waals surface area contributed by atoms with Crippen molar-refractivity contribution in [3.8, 4) is 5.75 Å². The first-order valence-electron chi connectivity index (χ1n) is 7.48. The third-order valence-corrected chi connectivity index (χ3v) is 4.76. The second kappa shape index (κ2) is 4.45. The second-order valence-corrected chi connectivity index (χ2v) is 6.05. The Morgan fingerprint density at radius 3 is 2.71 bits per heavy atom. The number of alkyl halides is 1. The molecule has 2 heteroatoms. The topological polar surface area (TPSA) is 20.2 Å². The van der Waals surface area contributed by atoms with Crippen molar-refractivity contribution in [3.63, 3.8) is 0 Å². The predicted molar refractivity (Wildman–Crippen MR) is 84.6 cm³/mol. The normalized spacial score (nSPS) is 21.6. The van der Waals surface area contributed by atoms with Crippen LogP contribution in [0.5, 0.6) is 5.75 Å². The summed E-state index contributed by atoms with van der Waals surface area (Å²) < 4.78 is 14.2. The number of aromatic hydroxyl groups is 1. The Kier molecular flexibility index (Phi) is 2.68. The number of halogens is 1. The molecule has 0 bridgehead atoms.